The van der Waals surface area contributed by atoms with Crippen molar-refractivity contribution in [1.29, 1.82) is 0 Å². The van der Waals surface area contributed by atoms with E-state index in [9.17, 15) is 14.4 Å². The van der Waals surface area contributed by atoms with Crippen molar-refractivity contribution in [3.05, 3.63) is 54.1 Å². The Balaban J connectivity index is 1.58. The van der Waals surface area contributed by atoms with Gasteiger partial charge in [-0.2, -0.15) is 0 Å². The zero-order valence-electron chi connectivity index (χ0n) is 16.2. The molecular weight excluding hydrogens is 408 g/mol. The van der Waals surface area contributed by atoms with Crippen molar-refractivity contribution < 1.29 is 23.5 Å². The molecule has 2 aromatic carbocycles. The van der Waals surface area contributed by atoms with Crippen molar-refractivity contribution in [1.82, 2.24) is 10.2 Å². The Morgan fingerprint density at radius 2 is 1.77 bits per heavy atom. The number of aromatic nitrogens is 2. The third-order valence-electron chi connectivity index (χ3n) is 3.73. The number of esters is 1. The molecule has 0 saturated carbocycles. The summed E-state index contributed by atoms with van der Waals surface area (Å²) in [4.78, 5) is 34.9. The first-order chi connectivity index (χ1) is 14.4. The molecule has 1 heterocycles. The molecule has 0 spiro atoms. The fourth-order valence-corrected chi connectivity index (χ4v) is 3.05. The number of thioether (sulfide) groups is 1. The van der Waals surface area contributed by atoms with Gasteiger partial charge in [0, 0.05) is 23.9 Å². The van der Waals surface area contributed by atoms with Gasteiger partial charge in [-0.25, -0.2) is 4.79 Å². The summed E-state index contributed by atoms with van der Waals surface area (Å²) in [5.74, 6) is -0.653. The molecule has 0 aliphatic carbocycles. The molecule has 154 valence electrons. The Bertz CT molecular complexity index is 1080. The first-order valence-electron chi connectivity index (χ1n) is 8.77. The Hall–Kier alpha value is -3.66. The second-order valence-electron chi connectivity index (χ2n) is 6.04. The highest BCUT2D eigenvalue weighted by Crippen LogP contribution is 2.25. The number of anilines is 2. The second kappa shape index (κ2) is 9.70. The van der Waals surface area contributed by atoms with Crippen LogP contribution in [0.25, 0.3) is 11.5 Å². The molecule has 0 saturated heterocycles. The van der Waals surface area contributed by atoms with Crippen LogP contribution in [0.15, 0.2) is 58.2 Å². The number of ether oxygens (including phenoxy) is 1. The second-order valence-corrected chi connectivity index (χ2v) is 6.97. The van der Waals surface area contributed by atoms with Gasteiger partial charge in [-0.05, 0) is 36.4 Å². The maximum absolute atomic E-state index is 12.2. The van der Waals surface area contributed by atoms with Crippen molar-refractivity contribution in [2.75, 3.05) is 23.5 Å². The van der Waals surface area contributed by atoms with E-state index in [2.05, 4.69) is 25.6 Å². The molecule has 10 heteroatoms. The Morgan fingerprint density at radius 3 is 2.50 bits per heavy atom. The maximum atomic E-state index is 12.2. The van der Waals surface area contributed by atoms with Crippen LogP contribution in [0.5, 0.6) is 0 Å². The number of rotatable bonds is 7. The minimum Gasteiger partial charge on any atom is -0.465 e. The van der Waals surface area contributed by atoms with Crippen LogP contribution in [0.1, 0.15) is 17.3 Å². The number of benzene rings is 2. The van der Waals surface area contributed by atoms with E-state index in [1.165, 1.54) is 20.1 Å². The monoisotopic (exact) mass is 426 g/mol. The van der Waals surface area contributed by atoms with Crippen LogP contribution in [-0.4, -0.2) is 40.8 Å². The molecule has 9 nitrogen and oxygen atoms in total. The van der Waals surface area contributed by atoms with Crippen molar-refractivity contribution in [2.24, 2.45) is 0 Å². The van der Waals surface area contributed by atoms with Gasteiger partial charge in [0.05, 0.1) is 18.4 Å². The van der Waals surface area contributed by atoms with Crippen molar-refractivity contribution in [2.45, 2.75) is 12.1 Å². The van der Waals surface area contributed by atoms with E-state index in [-0.39, 0.29) is 28.7 Å². The third kappa shape index (κ3) is 5.67. The van der Waals surface area contributed by atoms with E-state index in [0.717, 1.165) is 11.8 Å². The van der Waals surface area contributed by atoms with Crippen LogP contribution in [0, 0.1) is 0 Å². The van der Waals surface area contributed by atoms with Gasteiger partial charge in [-0.3, -0.25) is 9.59 Å². The van der Waals surface area contributed by atoms with Crippen molar-refractivity contribution in [3.63, 3.8) is 0 Å². The Morgan fingerprint density at radius 1 is 1.03 bits per heavy atom. The van der Waals surface area contributed by atoms with Gasteiger partial charge in [-0.15, -0.1) is 10.2 Å². The smallest absolute Gasteiger partial charge is 0.337 e. The number of amides is 2. The SMILES string of the molecule is COC(=O)c1cccc(NC(=O)CSc2nnc(-c3cccc(NC(C)=O)c3)o2)c1. The van der Waals surface area contributed by atoms with Gasteiger partial charge < -0.3 is 19.8 Å². The first-order valence-corrected chi connectivity index (χ1v) is 9.75. The lowest BCUT2D eigenvalue weighted by Gasteiger charge is -2.05. The van der Waals surface area contributed by atoms with Gasteiger partial charge in [0.1, 0.15) is 0 Å². The number of nitrogens with one attached hydrogen (secondary N) is 2. The topological polar surface area (TPSA) is 123 Å². The summed E-state index contributed by atoms with van der Waals surface area (Å²) >= 11 is 1.08. The summed E-state index contributed by atoms with van der Waals surface area (Å²) in [5, 5.41) is 13.5. The number of hydrogen-bond donors (Lipinski definition) is 2. The van der Waals surface area contributed by atoms with E-state index < -0.39 is 5.97 Å². The standard InChI is InChI=1S/C20H18N4O5S/c1-12(25)21-15-7-3-5-13(9-15)18-23-24-20(29-18)30-11-17(26)22-16-8-4-6-14(10-16)19(27)28-2/h3-10H,11H2,1-2H3,(H,21,25)(H,22,26). The number of carbonyl (C=O) groups is 3. The molecule has 3 aromatic rings. The van der Waals surface area contributed by atoms with Gasteiger partial charge in [0.25, 0.3) is 5.22 Å². The zero-order chi connectivity index (χ0) is 21.5. The predicted molar refractivity (Wildman–Crippen MR) is 111 cm³/mol. The maximum Gasteiger partial charge on any atom is 0.337 e. The average molecular weight is 426 g/mol. The van der Waals surface area contributed by atoms with E-state index in [1.54, 1.807) is 42.5 Å². The lowest BCUT2D eigenvalue weighted by Crippen LogP contribution is -2.14. The summed E-state index contributed by atoms with van der Waals surface area (Å²) in [6.45, 7) is 1.42. The van der Waals surface area contributed by atoms with E-state index in [4.69, 9.17) is 4.42 Å². The molecule has 0 aliphatic rings. The molecule has 2 amide bonds. The van der Waals surface area contributed by atoms with E-state index in [0.29, 0.717) is 22.5 Å². The minimum atomic E-state index is -0.485. The summed E-state index contributed by atoms with van der Waals surface area (Å²) < 4.78 is 10.2. The molecule has 0 radical (unpaired) electrons. The molecule has 0 unspecified atom stereocenters. The Labute approximate surface area is 176 Å². The van der Waals surface area contributed by atoms with Gasteiger partial charge in [0.15, 0.2) is 0 Å². The normalized spacial score (nSPS) is 10.3. The summed E-state index contributed by atoms with van der Waals surface area (Å²) in [5.41, 5.74) is 2.07. The number of carbonyl (C=O) groups excluding carboxylic acids is 3. The fourth-order valence-electron chi connectivity index (χ4n) is 2.48. The molecule has 0 bridgehead atoms. The number of hydrogen-bond acceptors (Lipinski definition) is 8. The van der Waals surface area contributed by atoms with Crippen LogP contribution in [-0.2, 0) is 14.3 Å². The lowest BCUT2D eigenvalue weighted by molar-refractivity contribution is -0.114. The molecule has 30 heavy (non-hydrogen) atoms. The van der Waals surface area contributed by atoms with Crippen LogP contribution < -0.4 is 10.6 Å². The van der Waals surface area contributed by atoms with Crippen molar-refractivity contribution in [3.8, 4) is 11.5 Å². The van der Waals surface area contributed by atoms with Crippen molar-refractivity contribution >= 4 is 40.9 Å². The fraction of sp³-hybridized carbons (Fsp3) is 0.150. The van der Waals surface area contributed by atoms with Crippen LogP contribution in [0.3, 0.4) is 0 Å². The molecular formula is C20H18N4O5S. The quantitative estimate of drug-likeness (QED) is 0.436. The average Bonchev–Trinajstić information content (AvgIpc) is 3.21. The number of methoxy groups -OCH3 is 1. The van der Waals surface area contributed by atoms with Crippen LogP contribution in [0.2, 0.25) is 0 Å². The highest BCUT2D eigenvalue weighted by atomic mass is 32.2. The predicted octanol–water partition coefficient (Wildman–Crippen LogP) is 3.21. The van der Waals surface area contributed by atoms with Gasteiger partial charge in [0.2, 0.25) is 17.7 Å². The lowest BCUT2D eigenvalue weighted by atomic mass is 10.2. The molecule has 2 N–H and O–H groups in total. The summed E-state index contributed by atoms with van der Waals surface area (Å²) in [6, 6.07) is 13.4. The first kappa shape index (κ1) is 21.1. The summed E-state index contributed by atoms with van der Waals surface area (Å²) in [6.07, 6.45) is 0. The van der Waals surface area contributed by atoms with Crippen LogP contribution >= 0.6 is 11.8 Å². The van der Waals surface area contributed by atoms with Crippen LogP contribution in [0.4, 0.5) is 11.4 Å². The van der Waals surface area contributed by atoms with Gasteiger partial charge >= 0.3 is 5.97 Å². The van der Waals surface area contributed by atoms with E-state index in [1.807, 2.05) is 0 Å². The third-order valence-corrected chi connectivity index (χ3v) is 4.55. The largest absolute Gasteiger partial charge is 0.465 e. The molecule has 0 fully saturated rings. The molecule has 1 aromatic heterocycles. The van der Waals surface area contributed by atoms with Gasteiger partial charge in [-0.1, -0.05) is 23.9 Å². The highest BCUT2D eigenvalue weighted by Gasteiger charge is 2.13. The summed E-state index contributed by atoms with van der Waals surface area (Å²) in [7, 11) is 1.29. The zero-order valence-corrected chi connectivity index (χ0v) is 17.0. The van der Waals surface area contributed by atoms with E-state index >= 15 is 0 Å². The molecule has 0 aliphatic heterocycles. The molecule has 0 atom stereocenters. The number of nitrogens with zero attached hydrogens (tertiary/aromatic N) is 2. The molecule has 3 rings (SSSR count). The Kier molecular flexibility index (Phi) is 6.81. The minimum absolute atomic E-state index is 0.0377. The highest BCUT2D eigenvalue weighted by molar-refractivity contribution is 7.99.